The van der Waals surface area contributed by atoms with Crippen molar-refractivity contribution in [1.29, 1.82) is 5.26 Å². The molecule has 0 spiro atoms. The Morgan fingerprint density at radius 3 is 3.14 bits per heavy atom. The number of benzene rings is 1. The number of aromatic nitrogens is 2. The second-order valence-corrected chi connectivity index (χ2v) is 5.44. The molecule has 0 saturated carbocycles. The van der Waals surface area contributed by atoms with Crippen molar-refractivity contribution >= 4 is 29.1 Å². The number of rotatable bonds is 3. The maximum Gasteiger partial charge on any atom is 0.207 e. The first-order chi connectivity index (χ1) is 10.8. The van der Waals surface area contributed by atoms with E-state index >= 15 is 0 Å². The largest absolute Gasteiger partial charge is 0.337 e. The second-order valence-electron chi connectivity index (χ2n) is 4.41. The van der Waals surface area contributed by atoms with Crippen LogP contribution in [0.25, 0.3) is 0 Å². The van der Waals surface area contributed by atoms with Crippen LogP contribution in [0.5, 0.6) is 0 Å². The lowest BCUT2D eigenvalue weighted by Gasteiger charge is -2.19. The fraction of sp³-hybridized carbons (Fsp3) is 0.143. The highest BCUT2D eigenvalue weighted by Gasteiger charge is 2.18. The molecule has 0 aliphatic carbocycles. The molecule has 7 nitrogen and oxygen atoms in total. The van der Waals surface area contributed by atoms with Crippen LogP contribution < -0.4 is 10.8 Å². The lowest BCUT2D eigenvalue weighted by Crippen LogP contribution is -2.24. The molecule has 22 heavy (non-hydrogen) atoms. The van der Waals surface area contributed by atoms with Crippen LogP contribution in [0.1, 0.15) is 5.56 Å². The standard InChI is InChI=1S/C14H12N6OS/c1-21-20-12(18-8-15)7-9-2-3-11-10(6-9)19-13-14(22-11)17-5-4-16-13/h2-6H,7H2,1H3,(H,16,19)(H,18,20). The Balaban J connectivity index is 1.84. The van der Waals surface area contributed by atoms with E-state index in [4.69, 9.17) is 10.1 Å². The van der Waals surface area contributed by atoms with Crippen LogP contribution in [-0.4, -0.2) is 22.9 Å². The van der Waals surface area contributed by atoms with Crippen LogP contribution >= 0.6 is 11.8 Å². The summed E-state index contributed by atoms with van der Waals surface area (Å²) in [6.07, 6.45) is 5.55. The zero-order chi connectivity index (χ0) is 15.4. The molecule has 0 fully saturated rings. The van der Waals surface area contributed by atoms with Crippen LogP contribution in [0, 0.1) is 11.5 Å². The van der Waals surface area contributed by atoms with Crippen LogP contribution in [0.2, 0.25) is 0 Å². The second kappa shape index (κ2) is 6.43. The third-order valence-electron chi connectivity index (χ3n) is 2.94. The molecule has 1 aromatic carbocycles. The Morgan fingerprint density at radius 2 is 2.32 bits per heavy atom. The molecule has 0 atom stereocenters. The zero-order valence-corrected chi connectivity index (χ0v) is 12.5. The van der Waals surface area contributed by atoms with Gasteiger partial charge in [-0.05, 0) is 17.7 Å². The molecular formula is C14H12N6OS. The summed E-state index contributed by atoms with van der Waals surface area (Å²) in [4.78, 5) is 18.2. The van der Waals surface area contributed by atoms with Crippen LogP contribution in [0.15, 0.2) is 45.5 Å². The minimum atomic E-state index is 0.452. The minimum Gasteiger partial charge on any atom is -0.337 e. The maximum absolute atomic E-state index is 8.68. The lowest BCUT2D eigenvalue weighted by molar-refractivity contribution is 0.143. The van der Waals surface area contributed by atoms with Crippen LogP contribution in [-0.2, 0) is 11.3 Å². The van der Waals surface area contributed by atoms with E-state index in [-0.39, 0.29) is 0 Å². The van der Waals surface area contributed by atoms with E-state index in [0.29, 0.717) is 12.3 Å². The number of hydrogen-bond donors (Lipinski definition) is 2. The topological polar surface area (TPSA) is 95.2 Å². The van der Waals surface area contributed by atoms with E-state index in [1.807, 2.05) is 18.2 Å². The number of amidine groups is 1. The summed E-state index contributed by atoms with van der Waals surface area (Å²) in [6.45, 7) is 0. The van der Waals surface area contributed by atoms with Crippen molar-refractivity contribution < 1.29 is 4.84 Å². The quantitative estimate of drug-likeness (QED) is 0.331. The first kappa shape index (κ1) is 14.3. The van der Waals surface area contributed by atoms with Gasteiger partial charge in [-0.2, -0.15) is 10.3 Å². The highest BCUT2D eigenvalue weighted by Crippen LogP contribution is 2.41. The molecular weight excluding hydrogens is 300 g/mol. The fourth-order valence-electron chi connectivity index (χ4n) is 2.06. The summed E-state index contributed by atoms with van der Waals surface area (Å²) in [5.41, 5.74) is 4.57. The predicted octanol–water partition coefficient (Wildman–Crippen LogP) is 2.26. The molecule has 0 bridgehead atoms. The number of nitrogens with zero attached hydrogens (tertiary/aromatic N) is 4. The van der Waals surface area contributed by atoms with Gasteiger partial charge in [0.1, 0.15) is 10.9 Å². The van der Waals surface area contributed by atoms with Gasteiger partial charge in [-0.25, -0.2) is 9.97 Å². The van der Waals surface area contributed by atoms with Gasteiger partial charge >= 0.3 is 0 Å². The molecule has 110 valence electrons. The van der Waals surface area contributed by atoms with Crippen molar-refractivity contribution in [2.45, 2.75) is 16.3 Å². The Labute approximate surface area is 131 Å². The van der Waals surface area contributed by atoms with Gasteiger partial charge in [0.05, 0.1) is 12.8 Å². The highest BCUT2D eigenvalue weighted by molar-refractivity contribution is 7.99. The molecule has 3 rings (SSSR count). The lowest BCUT2D eigenvalue weighted by atomic mass is 10.1. The van der Waals surface area contributed by atoms with Crippen molar-refractivity contribution in [2.75, 3.05) is 12.4 Å². The van der Waals surface area contributed by atoms with Crippen molar-refractivity contribution in [3.63, 3.8) is 0 Å². The molecule has 1 aromatic heterocycles. The van der Waals surface area contributed by atoms with Crippen molar-refractivity contribution in [2.24, 2.45) is 4.99 Å². The third-order valence-corrected chi connectivity index (χ3v) is 4.01. The van der Waals surface area contributed by atoms with E-state index in [1.54, 1.807) is 30.3 Å². The zero-order valence-electron chi connectivity index (χ0n) is 11.7. The van der Waals surface area contributed by atoms with Crippen molar-refractivity contribution in [3.05, 3.63) is 36.2 Å². The number of anilines is 2. The Hall–Kier alpha value is -2.63. The molecule has 0 unspecified atom stereocenters. The number of hydroxylamine groups is 1. The van der Waals surface area contributed by atoms with Crippen LogP contribution in [0.4, 0.5) is 11.5 Å². The van der Waals surface area contributed by atoms with Gasteiger partial charge in [-0.3, -0.25) is 10.3 Å². The normalized spacial score (nSPS) is 12.6. The van der Waals surface area contributed by atoms with E-state index in [2.05, 4.69) is 25.8 Å². The molecule has 1 aliphatic rings. The molecule has 2 N–H and O–H groups in total. The maximum atomic E-state index is 8.68. The minimum absolute atomic E-state index is 0.452. The summed E-state index contributed by atoms with van der Waals surface area (Å²) in [6, 6.07) is 6.00. The third kappa shape index (κ3) is 3.00. The Bertz CT molecular complexity index is 770. The Kier molecular flexibility index (Phi) is 4.18. The van der Waals surface area contributed by atoms with Gasteiger partial charge < -0.3 is 5.32 Å². The molecule has 0 radical (unpaired) electrons. The van der Waals surface area contributed by atoms with Gasteiger partial charge in [-0.1, -0.05) is 17.8 Å². The molecule has 8 heteroatoms. The van der Waals surface area contributed by atoms with E-state index < -0.39 is 0 Å². The van der Waals surface area contributed by atoms with Gasteiger partial charge in [-0.15, -0.1) is 0 Å². The molecule has 0 saturated heterocycles. The number of hydrogen-bond acceptors (Lipinski definition) is 7. The summed E-state index contributed by atoms with van der Waals surface area (Å²) in [5.74, 6) is 1.20. The number of nitrogens with one attached hydrogen (secondary N) is 2. The van der Waals surface area contributed by atoms with E-state index in [9.17, 15) is 0 Å². The van der Waals surface area contributed by atoms with Gasteiger partial charge in [0.2, 0.25) is 6.19 Å². The van der Waals surface area contributed by atoms with E-state index in [0.717, 1.165) is 27.0 Å². The summed E-state index contributed by atoms with van der Waals surface area (Å²) in [5, 5.41) is 12.8. The predicted molar refractivity (Wildman–Crippen MR) is 82.8 cm³/mol. The van der Waals surface area contributed by atoms with Crippen molar-refractivity contribution in [3.8, 4) is 6.19 Å². The SMILES string of the molecule is CONC(Cc1ccc2c(c1)Nc1nccnc1S2)=NC#N. The average Bonchev–Trinajstić information content (AvgIpc) is 2.53. The number of aliphatic imine (C=N–C) groups is 1. The molecule has 2 heterocycles. The smallest absolute Gasteiger partial charge is 0.207 e. The fourth-order valence-corrected chi connectivity index (χ4v) is 2.94. The summed E-state index contributed by atoms with van der Waals surface area (Å²) in [7, 11) is 1.48. The molecule has 2 aromatic rings. The molecule has 1 aliphatic heterocycles. The first-order valence-electron chi connectivity index (χ1n) is 6.43. The summed E-state index contributed by atoms with van der Waals surface area (Å²) >= 11 is 1.57. The van der Waals surface area contributed by atoms with Crippen LogP contribution in [0.3, 0.4) is 0 Å². The number of nitriles is 1. The average molecular weight is 312 g/mol. The molecule has 0 amide bonds. The van der Waals surface area contributed by atoms with Gasteiger partial charge in [0, 0.05) is 23.7 Å². The monoisotopic (exact) mass is 312 g/mol. The van der Waals surface area contributed by atoms with E-state index in [1.165, 1.54) is 7.11 Å². The summed E-state index contributed by atoms with van der Waals surface area (Å²) < 4.78 is 0. The Morgan fingerprint density at radius 1 is 1.45 bits per heavy atom. The highest BCUT2D eigenvalue weighted by atomic mass is 32.2. The number of fused-ring (bicyclic) bond motifs is 2. The first-order valence-corrected chi connectivity index (χ1v) is 7.25. The van der Waals surface area contributed by atoms with Gasteiger partial charge in [0.25, 0.3) is 0 Å². The van der Waals surface area contributed by atoms with Crippen molar-refractivity contribution in [1.82, 2.24) is 15.4 Å². The van der Waals surface area contributed by atoms with Gasteiger partial charge in [0.15, 0.2) is 5.82 Å².